The number of phosphoric acid groups is 1. The Balaban J connectivity index is 3.99. The highest BCUT2D eigenvalue weighted by Crippen LogP contribution is 2.43. The highest BCUT2D eigenvalue weighted by atomic mass is 31.2. The van der Waals surface area contributed by atoms with Crippen LogP contribution in [0.5, 0.6) is 0 Å². The predicted molar refractivity (Wildman–Crippen MR) is 311 cm³/mol. The zero-order valence-corrected chi connectivity index (χ0v) is 47.5. The van der Waals surface area contributed by atoms with Crippen molar-refractivity contribution in [1.29, 1.82) is 0 Å². The van der Waals surface area contributed by atoms with Gasteiger partial charge in [0.1, 0.15) is 6.61 Å². The summed E-state index contributed by atoms with van der Waals surface area (Å²) in [4.78, 5) is 35.2. The average molecular weight is 1040 g/mol. The molecular weight excluding hydrogens is 930 g/mol. The molecule has 2 atom stereocenters. The largest absolute Gasteiger partial charge is 0.472 e. The zero-order chi connectivity index (χ0) is 53.1. The van der Waals surface area contributed by atoms with Crippen molar-refractivity contribution >= 4 is 19.8 Å². The maximum absolute atomic E-state index is 12.7. The van der Waals surface area contributed by atoms with Gasteiger partial charge in [0, 0.05) is 19.4 Å². The summed E-state index contributed by atoms with van der Waals surface area (Å²) in [6.45, 7) is 3.52. The number of ether oxygens (including phenoxy) is 2. The maximum atomic E-state index is 12.7. The van der Waals surface area contributed by atoms with E-state index in [2.05, 4.69) is 123 Å². The minimum atomic E-state index is -4.40. The lowest BCUT2D eigenvalue weighted by molar-refractivity contribution is -0.161. The number of nitrogens with two attached hydrogens (primary N) is 1. The molecule has 10 heteroatoms. The Hall–Kier alpha value is -3.33. The molecule has 0 saturated carbocycles. The van der Waals surface area contributed by atoms with Crippen LogP contribution in [0.15, 0.2) is 109 Å². The summed E-state index contributed by atoms with van der Waals surface area (Å²) in [5.41, 5.74) is 5.38. The second-order valence-electron chi connectivity index (χ2n) is 19.1. The van der Waals surface area contributed by atoms with E-state index in [-0.39, 0.29) is 38.6 Å². The van der Waals surface area contributed by atoms with Crippen molar-refractivity contribution < 1.29 is 37.6 Å². The van der Waals surface area contributed by atoms with E-state index in [9.17, 15) is 19.0 Å². The molecule has 0 amide bonds. The molecule has 0 aliphatic carbocycles. The third kappa shape index (κ3) is 57.8. The van der Waals surface area contributed by atoms with Gasteiger partial charge in [-0.3, -0.25) is 18.6 Å². The number of carbonyl (C=O) groups excluding carboxylic acids is 2. The molecule has 0 saturated heterocycles. The molecule has 2 unspecified atom stereocenters. The quantitative estimate of drug-likeness (QED) is 0.0264. The third-order valence-corrected chi connectivity index (χ3v) is 13.1. The van der Waals surface area contributed by atoms with Crippen LogP contribution in [-0.4, -0.2) is 49.3 Å². The minimum Gasteiger partial charge on any atom is -0.462 e. The summed E-state index contributed by atoms with van der Waals surface area (Å²) in [6.07, 6.45) is 78.5. The van der Waals surface area contributed by atoms with Crippen molar-refractivity contribution in [2.24, 2.45) is 5.73 Å². The fraction of sp³-hybridized carbons (Fsp3) is 0.683. The molecular formula is C63H108NO8P. The highest BCUT2D eigenvalue weighted by molar-refractivity contribution is 7.47. The number of unbranched alkanes of at least 4 members (excludes halogenated alkanes) is 23. The van der Waals surface area contributed by atoms with Gasteiger partial charge in [-0.1, -0.05) is 245 Å². The van der Waals surface area contributed by atoms with Crippen molar-refractivity contribution in [1.82, 2.24) is 0 Å². The molecule has 0 aromatic carbocycles. The Morgan fingerprint density at radius 1 is 0.411 bits per heavy atom. The van der Waals surface area contributed by atoms with Crippen molar-refractivity contribution in [2.75, 3.05) is 26.4 Å². The molecule has 0 spiro atoms. The summed E-state index contributed by atoms with van der Waals surface area (Å²) in [7, 11) is -4.40. The molecule has 0 radical (unpaired) electrons. The van der Waals surface area contributed by atoms with Crippen LogP contribution in [0.2, 0.25) is 0 Å². The SMILES string of the molecule is CC/C=C\C/C=C\C/C=C\C/C=C\C/C=C\CCCCCCCCCCCC(=O)OC(COC(=O)CCCCCCCCCCCCCCCC/C=C\C/C=C\C/C=C\C/C=C\CC)COP(=O)(O)OCCN. The number of phosphoric ester groups is 1. The predicted octanol–water partition coefficient (Wildman–Crippen LogP) is 18.6. The van der Waals surface area contributed by atoms with Crippen LogP contribution in [0.3, 0.4) is 0 Å². The van der Waals surface area contributed by atoms with Gasteiger partial charge in [-0.2, -0.15) is 0 Å². The van der Waals surface area contributed by atoms with Gasteiger partial charge < -0.3 is 20.1 Å². The van der Waals surface area contributed by atoms with Crippen LogP contribution in [0.25, 0.3) is 0 Å². The van der Waals surface area contributed by atoms with Crippen LogP contribution in [0, 0.1) is 0 Å². The van der Waals surface area contributed by atoms with Gasteiger partial charge >= 0.3 is 19.8 Å². The van der Waals surface area contributed by atoms with Gasteiger partial charge in [0.25, 0.3) is 0 Å². The Bertz CT molecular complexity index is 1560. The Labute approximate surface area is 448 Å². The Kier molecular flexibility index (Phi) is 55.3. The summed E-state index contributed by atoms with van der Waals surface area (Å²) in [5.74, 6) is -0.837. The van der Waals surface area contributed by atoms with Gasteiger partial charge in [-0.05, 0) is 96.3 Å². The molecule has 0 aliphatic rings. The van der Waals surface area contributed by atoms with E-state index >= 15 is 0 Å². The van der Waals surface area contributed by atoms with E-state index < -0.39 is 26.5 Å². The summed E-state index contributed by atoms with van der Waals surface area (Å²) >= 11 is 0. The van der Waals surface area contributed by atoms with Crippen LogP contribution in [0.4, 0.5) is 0 Å². The van der Waals surface area contributed by atoms with Crippen molar-refractivity contribution in [3.63, 3.8) is 0 Å². The number of carbonyl (C=O) groups is 2. The molecule has 9 nitrogen and oxygen atoms in total. The van der Waals surface area contributed by atoms with Gasteiger partial charge in [-0.15, -0.1) is 0 Å². The first-order valence-electron chi connectivity index (χ1n) is 29.4. The van der Waals surface area contributed by atoms with Gasteiger partial charge in [-0.25, -0.2) is 4.57 Å². The fourth-order valence-corrected chi connectivity index (χ4v) is 8.65. The molecule has 73 heavy (non-hydrogen) atoms. The van der Waals surface area contributed by atoms with Crippen molar-refractivity contribution in [3.05, 3.63) is 109 Å². The molecule has 0 heterocycles. The van der Waals surface area contributed by atoms with E-state index in [1.165, 1.54) is 109 Å². The smallest absolute Gasteiger partial charge is 0.462 e. The van der Waals surface area contributed by atoms with Crippen LogP contribution in [-0.2, 0) is 32.7 Å². The first-order chi connectivity index (χ1) is 35.8. The number of hydrogen-bond acceptors (Lipinski definition) is 8. The number of rotatable bonds is 54. The molecule has 0 rings (SSSR count). The zero-order valence-electron chi connectivity index (χ0n) is 46.6. The van der Waals surface area contributed by atoms with E-state index in [1.807, 2.05) is 0 Å². The van der Waals surface area contributed by atoms with Crippen LogP contribution < -0.4 is 5.73 Å². The van der Waals surface area contributed by atoms with Gasteiger partial charge in [0.15, 0.2) is 6.10 Å². The van der Waals surface area contributed by atoms with E-state index in [0.717, 1.165) is 103 Å². The first kappa shape index (κ1) is 69.7. The fourth-order valence-electron chi connectivity index (χ4n) is 7.89. The topological polar surface area (TPSA) is 134 Å². The lowest BCUT2D eigenvalue weighted by atomic mass is 10.0. The highest BCUT2D eigenvalue weighted by Gasteiger charge is 2.26. The molecule has 0 aromatic heterocycles. The standard InChI is InChI=1S/C63H108NO8P/c1-3-5-7-9-11-13-15-17-19-21-23-25-27-29-30-32-33-35-37-39-41-43-45-47-49-51-53-55-62(65)69-59-61(60-71-73(67,68)70-58-57-64)72-63(66)56-54-52-50-48-46-44-42-40-38-36-34-31-28-26-24-22-20-18-16-14-12-10-8-6-4-2/h5-8,11-14,17-20,23-26,31,34,61H,3-4,9-10,15-16,21-22,27-30,32-33,35-60,64H2,1-2H3,(H,67,68)/b7-5-,8-6-,13-11-,14-12-,19-17-,20-18-,25-23-,26-24-,34-31-. The normalized spacial score (nSPS) is 13.9. The van der Waals surface area contributed by atoms with Gasteiger partial charge in [0.2, 0.25) is 0 Å². The molecule has 0 fully saturated rings. The molecule has 418 valence electrons. The summed E-state index contributed by atoms with van der Waals surface area (Å²) in [5, 5.41) is 0. The van der Waals surface area contributed by atoms with Crippen LogP contribution in [0.1, 0.15) is 245 Å². The van der Waals surface area contributed by atoms with Crippen molar-refractivity contribution in [2.45, 2.75) is 251 Å². The molecule has 0 aliphatic heterocycles. The third-order valence-electron chi connectivity index (χ3n) is 12.2. The van der Waals surface area contributed by atoms with Crippen molar-refractivity contribution in [3.8, 4) is 0 Å². The lowest BCUT2D eigenvalue weighted by Gasteiger charge is -2.19. The monoisotopic (exact) mass is 1040 g/mol. The number of hydrogen-bond donors (Lipinski definition) is 2. The molecule has 0 bridgehead atoms. The Morgan fingerprint density at radius 2 is 0.712 bits per heavy atom. The summed E-state index contributed by atoms with van der Waals surface area (Å²) < 4.78 is 33.1. The minimum absolute atomic E-state index is 0.0476. The second-order valence-corrected chi connectivity index (χ2v) is 20.6. The molecule has 0 aromatic rings. The molecule has 3 N–H and O–H groups in total. The second kappa shape index (κ2) is 57.9. The number of esters is 2. The van der Waals surface area contributed by atoms with E-state index in [1.54, 1.807) is 0 Å². The van der Waals surface area contributed by atoms with E-state index in [0.29, 0.717) is 6.42 Å². The number of allylic oxidation sites excluding steroid dienone is 18. The summed E-state index contributed by atoms with van der Waals surface area (Å²) in [6, 6.07) is 0. The average Bonchev–Trinajstić information content (AvgIpc) is 3.38. The van der Waals surface area contributed by atoms with Crippen LogP contribution >= 0.6 is 7.82 Å². The maximum Gasteiger partial charge on any atom is 0.472 e. The Morgan fingerprint density at radius 3 is 1.05 bits per heavy atom. The first-order valence-corrected chi connectivity index (χ1v) is 30.9. The lowest BCUT2D eigenvalue weighted by Crippen LogP contribution is -2.29. The van der Waals surface area contributed by atoms with Gasteiger partial charge in [0.05, 0.1) is 13.2 Å². The van der Waals surface area contributed by atoms with E-state index in [4.69, 9.17) is 24.3 Å².